The van der Waals surface area contributed by atoms with Gasteiger partial charge in [-0.1, -0.05) is 11.6 Å². The van der Waals surface area contributed by atoms with Gasteiger partial charge in [-0.05, 0) is 0 Å². The Morgan fingerprint density at radius 3 is 2.93 bits per heavy atom. The van der Waals surface area contributed by atoms with E-state index in [-0.39, 0.29) is 0 Å². The molecule has 0 aliphatic heterocycles. The lowest BCUT2D eigenvalue weighted by molar-refractivity contribution is 0.653. The second kappa shape index (κ2) is 5.48. The number of imidazole rings is 1. The normalized spacial score (nSPS) is 13.1. The van der Waals surface area contributed by atoms with Gasteiger partial charge in [0.15, 0.2) is 0 Å². The van der Waals surface area contributed by atoms with Crippen LogP contribution in [0, 0.1) is 0 Å². The lowest BCUT2D eigenvalue weighted by atomic mass is 10.5. The molecule has 0 spiro atoms. The van der Waals surface area contributed by atoms with Crippen LogP contribution in [0.4, 0.5) is 0 Å². The molecule has 80 valence electrons. The van der Waals surface area contributed by atoms with Crippen molar-refractivity contribution in [1.82, 2.24) is 14.9 Å². The minimum atomic E-state index is -0.739. The summed E-state index contributed by atoms with van der Waals surface area (Å²) in [6, 6.07) is 0. The van der Waals surface area contributed by atoms with Crippen molar-refractivity contribution in [1.29, 1.82) is 0 Å². The van der Waals surface area contributed by atoms with E-state index in [0.29, 0.717) is 17.5 Å². The van der Waals surface area contributed by atoms with Crippen LogP contribution in [0.5, 0.6) is 0 Å². The molecule has 1 N–H and O–H groups in total. The zero-order valence-electron chi connectivity index (χ0n) is 8.29. The maximum Gasteiger partial charge on any atom is 0.128 e. The van der Waals surface area contributed by atoms with Crippen LogP contribution in [0.2, 0.25) is 5.15 Å². The molecule has 1 aromatic heterocycles. The van der Waals surface area contributed by atoms with Crippen molar-refractivity contribution in [3.8, 4) is 0 Å². The number of nitrogens with one attached hydrogen (secondary N) is 1. The molecule has 0 amide bonds. The fourth-order valence-electron chi connectivity index (χ4n) is 1.00. The third-order valence-electron chi connectivity index (χ3n) is 1.88. The first-order chi connectivity index (χ1) is 6.61. The Hall–Kier alpha value is -0.390. The number of aromatic nitrogens is 2. The van der Waals surface area contributed by atoms with E-state index < -0.39 is 10.8 Å². The Labute approximate surface area is 91.1 Å². The molecular weight excluding hydrogens is 222 g/mol. The first-order valence-corrected chi connectivity index (χ1v) is 6.38. The lowest BCUT2D eigenvalue weighted by Gasteiger charge is -2.03. The molecule has 0 fully saturated rings. The van der Waals surface area contributed by atoms with Crippen molar-refractivity contribution in [3.63, 3.8) is 0 Å². The predicted molar refractivity (Wildman–Crippen MR) is 58.9 cm³/mol. The van der Waals surface area contributed by atoms with Crippen molar-refractivity contribution in [2.45, 2.75) is 6.54 Å². The molecule has 0 saturated carbocycles. The smallest absolute Gasteiger partial charge is 0.128 e. The summed E-state index contributed by atoms with van der Waals surface area (Å²) in [6.45, 7) is 1.38. The summed E-state index contributed by atoms with van der Waals surface area (Å²) in [5.74, 6) is 1.55. The molecule has 1 rings (SSSR count). The van der Waals surface area contributed by atoms with Gasteiger partial charge in [0, 0.05) is 36.4 Å². The molecule has 1 atom stereocenters. The van der Waals surface area contributed by atoms with Crippen LogP contribution in [0.15, 0.2) is 6.20 Å². The number of halogens is 1. The SMILES string of the molecule is Cn1c(Cl)cnc1CNCCS(C)=O. The monoisotopic (exact) mass is 235 g/mol. The van der Waals surface area contributed by atoms with E-state index in [1.54, 1.807) is 12.5 Å². The van der Waals surface area contributed by atoms with Crippen LogP contribution in [0.1, 0.15) is 5.82 Å². The Kier molecular flexibility index (Phi) is 4.57. The molecule has 1 heterocycles. The highest BCUT2D eigenvalue weighted by Gasteiger charge is 2.02. The molecule has 4 nitrogen and oxygen atoms in total. The van der Waals surface area contributed by atoms with E-state index in [9.17, 15) is 4.21 Å². The van der Waals surface area contributed by atoms with Gasteiger partial charge in [-0.25, -0.2) is 4.98 Å². The van der Waals surface area contributed by atoms with E-state index >= 15 is 0 Å². The zero-order chi connectivity index (χ0) is 10.6. The fourth-order valence-corrected chi connectivity index (χ4v) is 1.58. The molecule has 0 bridgehead atoms. The summed E-state index contributed by atoms with van der Waals surface area (Å²) < 4.78 is 12.6. The van der Waals surface area contributed by atoms with Gasteiger partial charge in [0.1, 0.15) is 11.0 Å². The average Bonchev–Trinajstić information content (AvgIpc) is 2.43. The Morgan fingerprint density at radius 1 is 1.71 bits per heavy atom. The molecule has 0 aliphatic carbocycles. The van der Waals surface area contributed by atoms with Crippen LogP contribution < -0.4 is 5.32 Å². The molecule has 6 heteroatoms. The van der Waals surface area contributed by atoms with Crippen molar-refractivity contribution in [2.24, 2.45) is 7.05 Å². The molecule has 1 unspecified atom stereocenters. The number of nitrogens with zero attached hydrogens (tertiary/aromatic N) is 2. The van der Waals surface area contributed by atoms with Crippen LogP contribution >= 0.6 is 11.6 Å². The predicted octanol–water partition coefficient (Wildman–Crippen LogP) is 0.542. The van der Waals surface area contributed by atoms with Gasteiger partial charge in [0.25, 0.3) is 0 Å². The molecule has 0 radical (unpaired) electrons. The van der Waals surface area contributed by atoms with E-state index in [4.69, 9.17) is 11.6 Å². The lowest BCUT2D eigenvalue weighted by Crippen LogP contribution is -2.21. The van der Waals surface area contributed by atoms with Gasteiger partial charge >= 0.3 is 0 Å². The highest BCUT2D eigenvalue weighted by atomic mass is 35.5. The maximum atomic E-state index is 10.8. The highest BCUT2D eigenvalue weighted by Crippen LogP contribution is 2.08. The van der Waals surface area contributed by atoms with Gasteiger partial charge in [0.2, 0.25) is 0 Å². The first kappa shape index (κ1) is 11.7. The Morgan fingerprint density at radius 2 is 2.43 bits per heavy atom. The largest absolute Gasteiger partial charge is 0.321 e. The highest BCUT2D eigenvalue weighted by molar-refractivity contribution is 7.84. The second-order valence-corrected chi connectivity index (χ2v) is 4.95. The van der Waals surface area contributed by atoms with Crippen molar-refractivity contribution in [3.05, 3.63) is 17.2 Å². The van der Waals surface area contributed by atoms with Crippen LogP contribution in [-0.2, 0) is 24.4 Å². The van der Waals surface area contributed by atoms with Gasteiger partial charge in [-0.2, -0.15) is 0 Å². The molecule has 0 saturated heterocycles. The number of hydrogen-bond donors (Lipinski definition) is 1. The van der Waals surface area contributed by atoms with Crippen LogP contribution in [0.25, 0.3) is 0 Å². The van der Waals surface area contributed by atoms with Gasteiger partial charge in [0.05, 0.1) is 12.7 Å². The third-order valence-corrected chi connectivity index (χ3v) is 3.01. The average molecular weight is 236 g/mol. The van der Waals surface area contributed by atoms with Crippen molar-refractivity contribution in [2.75, 3.05) is 18.6 Å². The molecular formula is C8H14ClN3OS. The molecule has 0 aliphatic rings. The minimum Gasteiger partial charge on any atom is -0.321 e. The summed E-state index contributed by atoms with van der Waals surface area (Å²) in [4.78, 5) is 4.12. The van der Waals surface area contributed by atoms with Gasteiger partial charge in [-0.3, -0.25) is 4.21 Å². The van der Waals surface area contributed by atoms with Crippen LogP contribution in [0.3, 0.4) is 0 Å². The van der Waals surface area contributed by atoms with Crippen molar-refractivity contribution >= 4 is 22.4 Å². The first-order valence-electron chi connectivity index (χ1n) is 4.28. The maximum absolute atomic E-state index is 10.8. The van der Waals surface area contributed by atoms with E-state index in [1.165, 1.54) is 0 Å². The number of rotatable bonds is 5. The summed E-state index contributed by atoms with van der Waals surface area (Å²) in [7, 11) is 1.13. The topological polar surface area (TPSA) is 46.9 Å². The van der Waals surface area contributed by atoms with Crippen molar-refractivity contribution < 1.29 is 4.21 Å². The Bertz CT molecular complexity index is 326. The summed E-state index contributed by atoms with van der Waals surface area (Å²) in [6.07, 6.45) is 3.32. The second-order valence-electron chi connectivity index (χ2n) is 3.01. The van der Waals surface area contributed by atoms with Gasteiger partial charge in [-0.15, -0.1) is 0 Å². The van der Waals surface area contributed by atoms with E-state index in [0.717, 1.165) is 12.4 Å². The zero-order valence-corrected chi connectivity index (χ0v) is 9.86. The molecule has 0 aromatic carbocycles. The summed E-state index contributed by atoms with van der Waals surface area (Å²) in [5.41, 5.74) is 0. The minimum absolute atomic E-state index is 0.626. The fraction of sp³-hybridized carbons (Fsp3) is 0.625. The van der Waals surface area contributed by atoms with Gasteiger partial charge < -0.3 is 9.88 Å². The molecule has 14 heavy (non-hydrogen) atoms. The standard InChI is InChI=1S/C8H14ClN3OS/c1-12-7(9)5-11-8(12)6-10-3-4-14(2)13/h5,10H,3-4,6H2,1-2H3. The number of hydrogen-bond acceptors (Lipinski definition) is 3. The Balaban J connectivity index is 2.31. The van der Waals surface area contributed by atoms with E-state index in [2.05, 4.69) is 10.3 Å². The van der Waals surface area contributed by atoms with Crippen LogP contribution in [-0.4, -0.2) is 32.3 Å². The summed E-state index contributed by atoms with van der Waals surface area (Å²) >= 11 is 5.82. The molecule has 1 aromatic rings. The third kappa shape index (κ3) is 3.40. The van der Waals surface area contributed by atoms with E-state index in [1.807, 2.05) is 11.6 Å². The summed E-state index contributed by atoms with van der Waals surface area (Å²) in [5, 5.41) is 3.78. The quantitative estimate of drug-likeness (QED) is 0.758.